The van der Waals surface area contributed by atoms with Gasteiger partial charge in [0.25, 0.3) is 5.56 Å². The van der Waals surface area contributed by atoms with E-state index in [2.05, 4.69) is 15.9 Å². The van der Waals surface area contributed by atoms with Gasteiger partial charge in [-0.3, -0.25) is 4.79 Å². The molecule has 20 heavy (non-hydrogen) atoms. The second-order valence-electron chi connectivity index (χ2n) is 5.76. The first-order valence-corrected chi connectivity index (χ1v) is 8.02. The van der Waals surface area contributed by atoms with Gasteiger partial charge in [0, 0.05) is 18.4 Å². The van der Waals surface area contributed by atoms with Gasteiger partial charge < -0.3 is 9.30 Å². The number of fused-ring (bicyclic) bond motifs is 5. The molecule has 4 rings (SSSR count). The summed E-state index contributed by atoms with van der Waals surface area (Å²) in [7, 11) is 1.85. The molecular weight excluding hydrogens is 318 g/mol. The Morgan fingerprint density at radius 2 is 2.10 bits per heavy atom. The van der Waals surface area contributed by atoms with Gasteiger partial charge in [-0.15, -0.1) is 0 Å². The van der Waals surface area contributed by atoms with E-state index in [1.54, 1.807) is 4.57 Å². The van der Waals surface area contributed by atoms with Crippen LogP contribution in [0.15, 0.2) is 29.1 Å². The lowest BCUT2D eigenvalue weighted by Crippen LogP contribution is -2.34. The Balaban J connectivity index is 2.04. The molecule has 1 fully saturated rings. The van der Waals surface area contributed by atoms with Crippen LogP contribution in [0.5, 0.6) is 5.75 Å². The van der Waals surface area contributed by atoms with Crippen LogP contribution in [0.4, 0.5) is 0 Å². The normalized spacial score (nSPS) is 28.0. The first-order chi connectivity index (χ1) is 9.68. The molecule has 0 saturated heterocycles. The van der Waals surface area contributed by atoms with E-state index >= 15 is 0 Å². The fourth-order valence-electron chi connectivity index (χ4n) is 3.66. The van der Waals surface area contributed by atoms with Crippen molar-refractivity contribution < 1.29 is 4.74 Å². The fourth-order valence-corrected chi connectivity index (χ4v) is 4.46. The van der Waals surface area contributed by atoms with Crippen LogP contribution in [0.25, 0.3) is 10.9 Å². The van der Waals surface area contributed by atoms with E-state index in [-0.39, 0.29) is 17.6 Å². The lowest BCUT2D eigenvalue weighted by atomic mass is 9.83. The van der Waals surface area contributed by atoms with Crippen molar-refractivity contribution in [1.82, 2.24) is 4.57 Å². The van der Waals surface area contributed by atoms with Gasteiger partial charge in [-0.2, -0.15) is 0 Å². The van der Waals surface area contributed by atoms with E-state index in [1.165, 1.54) is 0 Å². The number of aromatic nitrogens is 1. The van der Waals surface area contributed by atoms with Crippen molar-refractivity contribution >= 4 is 26.8 Å². The SMILES string of the molecule is Cn1c(=O)c2c(c3ccccc31)OC1C(Br)CCCC21. The molecule has 1 aromatic carbocycles. The Bertz CT molecular complexity index is 752. The molecule has 2 heterocycles. The van der Waals surface area contributed by atoms with Gasteiger partial charge in [-0.25, -0.2) is 0 Å². The van der Waals surface area contributed by atoms with Crippen LogP contribution in [0.2, 0.25) is 0 Å². The third-order valence-corrected chi connectivity index (χ3v) is 5.64. The largest absolute Gasteiger partial charge is 0.487 e. The van der Waals surface area contributed by atoms with Crippen LogP contribution in [0.3, 0.4) is 0 Å². The summed E-state index contributed by atoms with van der Waals surface area (Å²) in [5.41, 5.74) is 1.94. The summed E-state index contributed by atoms with van der Waals surface area (Å²) in [6.45, 7) is 0. The minimum atomic E-state index is 0.104. The molecule has 1 aliphatic carbocycles. The van der Waals surface area contributed by atoms with E-state index in [9.17, 15) is 4.79 Å². The van der Waals surface area contributed by atoms with Gasteiger partial charge in [-0.1, -0.05) is 34.5 Å². The lowest BCUT2D eigenvalue weighted by Gasteiger charge is -2.28. The molecule has 3 atom stereocenters. The number of ether oxygens (including phenoxy) is 1. The van der Waals surface area contributed by atoms with Crippen LogP contribution in [-0.4, -0.2) is 15.5 Å². The number of pyridine rings is 1. The van der Waals surface area contributed by atoms with E-state index < -0.39 is 0 Å². The molecule has 0 radical (unpaired) electrons. The molecule has 3 unspecified atom stereocenters. The lowest BCUT2D eigenvalue weighted by molar-refractivity contribution is 0.175. The Labute approximate surface area is 125 Å². The smallest absolute Gasteiger partial charge is 0.258 e. The zero-order chi connectivity index (χ0) is 13.9. The highest BCUT2D eigenvalue weighted by Crippen LogP contribution is 2.48. The monoisotopic (exact) mass is 333 g/mol. The maximum absolute atomic E-state index is 12.7. The van der Waals surface area contributed by atoms with Crippen molar-refractivity contribution in [3.8, 4) is 5.75 Å². The molecule has 4 heteroatoms. The number of para-hydroxylation sites is 1. The van der Waals surface area contributed by atoms with E-state index in [4.69, 9.17) is 4.74 Å². The molecule has 1 aromatic heterocycles. The molecule has 1 aliphatic heterocycles. The van der Waals surface area contributed by atoms with Crippen molar-refractivity contribution in [2.24, 2.45) is 7.05 Å². The number of aryl methyl sites for hydroxylation is 1. The number of hydrogen-bond donors (Lipinski definition) is 0. The summed E-state index contributed by atoms with van der Waals surface area (Å²) in [6.07, 6.45) is 3.42. The summed E-state index contributed by atoms with van der Waals surface area (Å²) in [5, 5.41) is 1.05. The molecule has 2 aliphatic rings. The minimum Gasteiger partial charge on any atom is -0.487 e. The summed E-state index contributed by atoms with van der Waals surface area (Å²) in [6, 6.07) is 8.00. The van der Waals surface area contributed by atoms with Crippen LogP contribution in [-0.2, 0) is 7.05 Å². The van der Waals surface area contributed by atoms with Crippen molar-refractivity contribution in [3.63, 3.8) is 0 Å². The van der Waals surface area contributed by atoms with Crippen molar-refractivity contribution in [1.29, 1.82) is 0 Å². The second-order valence-corrected chi connectivity index (χ2v) is 6.94. The summed E-state index contributed by atoms with van der Waals surface area (Å²) >= 11 is 3.73. The first-order valence-electron chi connectivity index (χ1n) is 7.11. The Hall–Kier alpha value is -1.29. The van der Waals surface area contributed by atoms with Gasteiger partial charge >= 0.3 is 0 Å². The molecule has 2 aromatic rings. The summed E-state index contributed by atoms with van der Waals surface area (Å²) in [5.74, 6) is 1.07. The van der Waals surface area contributed by atoms with Crippen LogP contribution < -0.4 is 10.3 Å². The number of halogens is 1. The van der Waals surface area contributed by atoms with Gasteiger partial charge in [0.1, 0.15) is 11.9 Å². The average Bonchev–Trinajstić information content (AvgIpc) is 2.86. The zero-order valence-electron chi connectivity index (χ0n) is 11.3. The van der Waals surface area contributed by atoms with Crippen molar-refractivity contribution in [2.75, 3.05) is 0 Å². The fraction of sp³-hybridized carbons (Fsp3) is 0.438. The van der Waals surface area contributed by atoms with Crippen LogP contribution in [0, 0.1) is 0 Å². The van der Waals surface area contributed by atoms with E-state index in [1.807, 2.05) is 31.3 Å². The van der Waals surface area contributed by atoms with E-state index in [0.29, 0.717) is 4.83 Å². The van der Waals surface area contributed by atoms with Gasteiger partial charge in [0.2, 0.25) is 0 Å². The van der Waals surface area contributed by atoms with Crippen molar-refractivity contribution in [3.05, 3.63) is 40.2 Å². The summed E-state index contributed by atoms with van der Waals surface area (Å²) in [4.78, 5) is 13.0. The number of nitrogens with zero attached hydrogens (tertiary/aromatic N) is 1. The Morgan fingerprint density at radius 1 is 1.30 bits per heavy atom. The predicted octanol–water partition coefficient (Wildman–Crippen LogP) is 3.33. The Kier molecular flexibility index (Phi) is 2.71. The topological polar surface area (TPSA) is 31.2 Å². The second kappa shape index (κ2) is 4.35. The maximum atomic E-state index is 12.7. The number of hydrogen-bond acceptors (Lipinski definition) is 2. The highest BCUT2D eigenvalue weighted by Gasteiger charge is 2.43. The number of rotatable bonds is 0. The first kappa shape index (κ1) is 12.5. The molecule has 0 spiro atoms. The Morgan fingerprint density at radius 3 is 2.95 bits per heavy atom. The molecule has 1 saturated carbocycles. The number of benzene rings is 1. The van der Waals surface area contributed by atoms with Crippen LogP contribution in [0.1, 0.15) is 30.7 Å². The average molecular weight is 334 g/mol. The van der Waals surface area contributed by atoms with Gasteiger partial charge in [-0.05, 0) is 25.0 Å². The molecule has 0 bridgehead atoms. The maximum Gasteiger partial charge on any atom is 0.258 e. The van der Waals surface area contributed by atoms with Gasteiger partial charge in [0.15, 0.2) is 0 Å². The van der Waals surface area contributed by atoms with Gasteiger partial charge in [0.05, 0.1) is 15.9 Å². The predicted molar refractivity (Wildman–Crippen MR) is 82.9 cm³/mol. The number of alkyl halides is 1. The molecule has 0 amide bonds. The van der Waals surface area contributed by atoms with Crippen LogP contribution >= 0.6 is 15.9 Å². The highest BCUT2D eigenvalue weighted by molar-refractivity contribution is 9.09. The standard InChI is InChI=1S/C16H16BrNO2/c1-18-12-8-3-2-5-9(12)15-13(16(18)19)10-6-4-7-11(17)14(10)20-15/h2-3,5,8,10-11,14H,4,6-7H2,1H3. The molecule has 104 valence electrons. The minimum absolute atomic E-state index is 0.104. The highest BCUT2D eigenvalue weighted by atomic mass is 79.9. The molecule has 3 nitrogen and oxygen atoms in total. The zero-order valence-corrected chi connectivity index (χ0v) is 12.9. The van der Waals surface area contributed by atoms with Crippen molar-refractivity contribution in [2.45, 2.75) is 36.1 Å². The quantitative estimate of drug-likeness (QED) is 0.692. The third-order valence-electron chi connectivity index (χ3n) is 4.66. The molecule has 0 N–H and O–H groups in total. The molecular formula is C16H16BrNO2. The van der Waals surface area contributed by atoms with E-state index in [0.717, 1.165) is 41.5 Å². The third kappa shape index (κ3) is 1.54. The summed E-state index contributed by atoms with van der Waals surface area (Å²) < 4.78 is 7.97.